The Morgan fingerprint density at radius 1 is 0.974 bits per heavy atom. The second-order valence-corrected chi connectivity index (χ2v) is 12.2. The molecule has 1 unspecified atom stereocenters. The van der Waals surface area contributed by atoms with Crippen LogP contribution in [-0.4, -0.2) is 31.9 Å². The van der Waals surface area contributed by atoms with Gasteiger partial charge in [0.25, 0.3) is 5.91 Å². The predicted octanol–water partition coefficient (Wildman–Crippen LogP) is 5.73. The molecule has 38 heavy (non-hydrogen) atoms. The van der Waals surface area contributed by atoms with Crippen LogP contribution in [0.2, 0.25) is 0 Å². The zero-order valence-electron chi connectivity index (χ0n) is 20.7. The minimum atomic E-state index is -3.10. The highest BCUT2D eigenvalue weighted by atomic mass is 32.2. The van der Waals surface area contributed by atoms with E-state index in [2.05, 4.69) is 40.6 Å². The maximum Gasteiger partial charge on any atom is 0.251 e. The number of carbonyl (C=O) groups excluding carboxylic acids is 1. The average Bonchev–Trinajstić information content (AvgIpc) is 3.48. The first-order valence-corrected chi connectivity index (χ1v) is 14.5. The summed E-state index contributed by atoms with van der Waals surface area (Å²) < 4.78 is 37.5. The Balaban J connectivity index is 1.36. The van der Waals surface area contributed by atoms with E-state index in [-0.39, 0.29) is 29.3 Å². The number of hydrogen-bond acceptors (Lipinski definition) is 4. The molecule has 1 atom stereocenters. The lowest BCUT2D eigenvalue weighted by Gasteiger charge is -2.25. The van der Waals surface area contributed by atoms with Crippen molar-refractivity contribution in [2.24, 2.45) is 0 Å². The lowest BCUT2D eigenvalue weighted by molar-refractivity contribution is 0.0941. The number of carbonyl (C=O) groups is 1. The molecule has 1 aliphatic carbocycles. The van der Waals surface area contributed by atoms with Crippen molar-refractivity contribution >= 4 is 32.7 Å². The van der Waals surface area contributed by atoms with Gasteiger partial charge in [0.15, 0.2) is 9.84 Å². The van der Waals surface area contributed by atoms with Gasteiger partial charge in [0.1, 0.15) is 5.82 Å². The standard InChI is InChI=1S/C31H27FN2O3S/c32-26-11-13-28(14-12-26)34-29(23-8-4-7-22(17-23)21-5-2-1-3-6-21)18-24-9-10-25(19-30(24)34)31(35)33-27-15-16-38(36,37)20-27/h1-14,19,27H,15-18,20H2,(H,33,35). The Labute approximate surface area is 221 Å². The third kappa shape index (κ3) is 4.82. The number of nitrogens with zero attached hydrogens (tertiary/aromatic N) is 1. The molecule has 3 aromatic rings. The maximum atomic E-state index is 13.8. The van der Waals surface area contributed by atoms with Crippen molar-refractivity contribution in [1.29, 1.82) is 0 Å². The van der Waals surface area contributed by atoms with E-state index in [1.807, 2.05) is 30.3 Å². The number of allylic oxidation sites excluding steroid dienone is 6. The number of rotatable bonds is 4. The largest absolute Gasteiger partial charge is 0.348 e. The first kappa shape index (κ1) is 24.4. The summed E-state index contributed by atoms with van der Waals surface area (Å²) in [5.74, 6) is -0.522. The number of hydrogen-bond donors (Lipinski definition) is 1. The number of nitrogens with one attached hydrogen (secondary N) is 1. The predicted molar refractivity (Wildman–Crippen MR) is 148 cm³/mol. The summed E-state index contributed by atoms with van der Waals surface area (Å²) >= 11 is 0. The van der Waals surface area contributed by atoms with Crippen LogP contribution in [-0.2, 0) is 16.3 Å². The summed E-state index contributed by atoms with van der Waals surface area (Å²) in [5, 5.41) is 2.89. The molecule has 0 aromatic heterocycles. The third-order valence-electron chi connectivity index (χ3n) is 7.36. The molecular formula is C31H27FN2O3S. The van der Waals surface area contributed by atoms with Crippen LogP contribution < -0.4 is 10.2 Å². The van der Waals surface area contributed by atoms with Crippen molar-refractivity contribution < 1.29 is 17.6 Å². The van der Waals surface area contributed by atoms with E-state index in [9.17, 15) is 17.6 Å². The summed E-state index contributed by atoms with van der Waals surface area (Å²) in [5.41, 5.74) is 7.87. The Morgan fingerprint density at radius 3 is 2.50 bits per heavy atom. The van der Waals surface area contributed by atoms with E-state index in [1.54, 1.807) is 18.2 Å². The number of amides is 1. The highest BCUT2D eigenvalue weighted by molar-refractivity contribution is 7.91. The molecule has 2 aliphatic heterocycles. The first-order valence-electron chi connectivity index (χ1n) is 12.7. The molecule has 1 fully saturated rings. The molecule has 1 N–H and O–H groups in total. The Bertz CT molecular complexity index is 1610. The minimum absolute atomic E-state index is 0.0226. The van der Waals surface area contributed by atoms with Gasteiger partial charge in [-0.15, -0.1) is 0 Å². The summed E-state index contributed by atoms with van der Waals surface area (Å²) in [4.78, 5) is 15.2. The molecule has 0 saturated carbocycles. The van der Waals surface area contributed by atoms with Crippen LogP contribution in [0.5, 0.6) is 0 Å². The van der Waals surface area contributed by atoms with E-state index >= 15 is 0 Å². The highest BCUT2D eigenvalue weighted by Gasteiger charge is 2.31. The van der Waals surface area contributed by atoms with Gasteiger partial charge in [0, 0.05) is 29.4 Å². The molecule has 5 nitrogen and oxygen atoms in total. The van der Waals surface area contributed by atoms with Gasteiger partial charge in [-0.25, -0.2) is 12.8 Å². The lowest BCUT2D eigenvalue weighted by atomic mass is 9.92. The molecule has 6 rings (SSSR count). The van der Waals surface area contributed by atoms with E-state index in [0.29, 0.717) is 18.4 Å². The van der Waals surface area contributed by atoms with Gasteiger partial charge >= 0.3 is 0 Å². The Hall–Kier alpha value is -3.97. The second kappa shape index (κ2) is 9.72. The van der Waals surface area contributed by atoms with Crippen LogP contribution in [0.3, 0.4) is 0 Å². The van der Waals surface area contributed by atoms with Crippen molar-refractivity contribution in [2.45, 2.75) is 25.3 Å². The van der Waals surface area contributed by atoms with Gasteiger partial charge in [0.2, 0.25) is 0 Å². The van der Waals surface area contributed by atoms with Crippen LogP contribution in [0, 0.1) is 5.82 Å². The van der Waals surface area contributed by atoms with Gasteiger partial charge in [-0.05, 0) is 71.5 Å². The second-order valence-electron chi connectivity index (χ2n) is 9.97. The molecule has 1 saturated heterocycles. The van der Waals surface area contributed by atoms with Gasteiger partial charge in [-0.2, -0.15) is 0 Å². The number of sulfone groups is 1. The first-order chi connectivity index (χ1) is 18.4. The van der Waals surface area contributed by atoms with Gasteiger partial charge < -0.3 is 10.2 Å². The fourth-order valence-corrected chi connectivity index (χ4v) is 7.11. The molecule has 192 valence electrons. The van der Waals surface area contributed by atoms with E-state index in [0.717, 1.165) is 34.6 Å². The minimum Gasteiger partial charge on any atom is -0.348 e. The van der Waals surface area contributed by atoms with Gasteiger partial charge in [-0.1, -0.05) is 54.6 Å². The number of anilines is 2. The van der Waals surface area contributed by atoms with Crippen LogP contribution in [0.15, 0.2) is 102 Å². The Morgan fingerprint density at radius 2 is 1.76 bits per heavy atom. The summed E-state index contributed by atoms with van der Waals surface area (Å²) in [7, 11) is -3.10. The van der Waals surface area contributed by atoms with Crippen LogP contribution in [0.25, 0.3) is 5.57 Å². The lowest BCUT2D eigenvalue weighted by Crippen LogP contribution is -2.35. The SMILES string of the molecule is O=C(NC1CCS(=O)(=O)C1)c1ccc2c(c1)N(c1ccc(F)cc1)C(=C1C=CC=C(c3ccccc3)C1)C2. The Kier molecular flexibility index (Phi) is 6.24. The van der Waals surface area contributed by atoms with Crippen molar-refractivity contribution in [3.63, 3.8) is 0 Å². The number of benzene rings is 3. The zero-order chi connectivity index (χ0) is 26.3. The summed E-state index contributed by atoms with van der Waals surface area (Å²) in [6, 6.07) is 21.9. The topological polar surface area (TPSA) is 66.5 Å². The summed E-state index contributed by atoms with van der Waals surface area (Å²) in [6.45, 7) is 0. The molecule has 3 aliphatic rings. The van der Waals surface area contributed by atoms with Crippen molar-refractivity contribution in [1.82, 2.24) is 5.32 Å². The molecule has 0 spiro atoms. The molecule has 7 heteroatoms. The molecule has 0 bridgehead atoms. The highest BCUT2D eigenvalue weighted by Crippen LogP contribution is 2.44. The third-order valence-corrected chi connectivity index (χ3v) is 9.13. The molecule has 2 heterocycles. The average molecular weight is 527 g/mol. The van der Waals surface area contributed by atoms with Gasteiger partial charge in [-0.3, -0.25) is 4.79 Å². The van der Waals surface area contributed by atoms with Crippen molar-refractivity contribution in [2.75, 3.05) is 16.4 Å². The van der Waals surface area contributed by atoms with Crippen molar-refractivity contribution in [3.05, 3.63) is 125 Å². The van der Waals surface area contributed by atoms with E-state index < -0.39 is 9.84 Å². The van der Waals surface area contributed by atoms with Crippen molar-refractivity contribution in [3.8, 4) is 0 Å². The molecular weight excluding hydrogens is 499 g/mol. The fourth-order valence-electron chi connectivity index (χ4n) is 5.44. The molecule has 0 radical (unpaired) electrons. The van der Waals surface area contributed by atoms with E-state index in [1.165, 1.54) is 23.3 Å². The quantitative estimate of drug-likeness (QED) is 0.471. The monoisotopic (exact) mass is 526 g/mol. The van der Waals surface area contributed by atoms with Crippen LogP contribution >= 0.6 is 0 Å². The van der Waals surface area contributed by atoms with Crippen LogP contribution in [0.4, 0.5) is 15.8 Å². The number of halogens is 1. The normalized spacial score (nSPS) is 21.8. The smallest absolute Gasteiger partial charge is 0.251 e. The fraction of sp³-hybridized carbons (Fsp3) is 0.194. The summed E-state index contributed by atoms with van der Waals surface area (Å²) in [6.07, 6.45) is 8.19. The molecule has 1 amide bonds. The number of fused-ring (bicyclic) bond motifs is 1. The maximum absolute atomic E-state index is 13.8. The zero-order valence-corrected chi connectivity index (χ0v) is 21.5. The molecule has 3 aromatic carbocycles. The van der Waals surface area contributed by atoms with E-state index in [4.69, 9.17) is 0 Å². The van der Waals surface area contributed by atoms with Crippen LogP contribution in [0.1, 0.15) is 34.3 Å². The van der Waals surface area contributed by atoms with Gasteiger partial charge in [0.05, 0.1) is 17.2 Å².